The number of aryl methyl sites for hydroxylation is 1. The number of methoxy groups -OCH3 is 1. The zero-order valence-electron chi connectivity index (χ0n) is 15.7. The van der Waals surface area contributed by atoms with Gasteiger partial charge < -0.3 is 14.4 Å². The van der Waals surface area contributed by atoms with Crippen LogP contribution in [0.5, 0.6) is 5.75 Å². The van der Waals surface area contributed by atoms with E-state index in [1.165, 1.54) is 41.8 Å². The number of piperidine rings is 1. The molecule has 0 amide bonds. The van der Waals surface area contributed by atoms with E-state index in [2.05, 4.69) is 40.6 Å². The molecule has 0 aliphatic carbocycles. The molecule has 2 aliphatic heterocycles. The van der Waals surface area contributed by atoms with Crippen LogP contribution in [0.25, 0.3) is 0 Å². The highest BCUT2D eigenvalue weighted by Crippen LogP contribution is 2.48. The van der Waals surface area contributed by atoms with E-state index in [1.807, 2.05) is 11.3 Å². The smallest absolute Gasteiger partial charge is 0.135 e. The zero-order chi connectivity index (χ0) is 17.8. The highest BCUT2D eigenvalue weighted by Gasteiger charge is 2.43. The van der Waals surface area contributed by atoms with Crippen molar-refractivity contribution in [1.82, 2.24) is 4.90 Å². The Bertz CT molecular complexity index is 691. The molecule has 2 aliphatic rings. The maximum absolute atomic E-state index is 6.37. The molecule has 140 valence electrons. The van der Waals surface area contributed by atoms with E-state index in [4.69, 9.17) is 9.47 Å². The molecule has 2 aromatic rings. The van der Waals surface area contributed by atoms with Crippen molar-refractivity contribution in [2.75, 3.05) is 33.4 Å². The quantitative estimate of drug-likeness (QED) is 0.690. The minimum absolute atomic E-state index is 0.0978. The van der Waals surface area contributed by atoms with Gasteiger partial charge in [0.05, 0.1) is 13.7 Å². The number of likely N-dealkylation sites (tertiary alicyclic amines) is 1. The summed E-state index contributed by atoms with van der Waals surface area (Å²) in [7, 11) is 1.78. The summed E-state index contributed by atoms with van der Waals surface area (Å²) >= 11 is 1.84. The zero-order valence-corrected chi connectivity index (χ0v) is 16.5. The van der Waals surface area contributed by atoms with Crippen LogP contribution in [-0.2, 0) is 23.2 Å². The topological polar surface area (TPSA) is 21.7 Å². The predicted octanol–water partition coefficient (Wildman–Crippen LogP) is 4.64. The monoisotopic (exact) mass is 371 g/mol. The largest absolute Gasteiger partial charge is 0.495 e. The molecule has 1 aromatic carbocycles. The maximum atomic E-state index is 6.37. The normalized spacial score (nSPS) is 19.4. The van der Waals surface area contributed by atoms with Gasteiger partial charge >= 0.3 is 0 Å². The molecule has 0 atom stereocenters. The lowest BCUT2D eigenvalue weighted by molar-refractivity contribution is -0.0982. The Hall–Kier alpha value is -1.36. The second-order valence-electron chi connectivity index (χ2n) is 7.48. The summed E-state index contributed by atoms with van der Waals surface area (Å²) < 4.78 is 12.0. The summed E-state index contributed by atoms with van der Waals surface area (Å²) in [6, 6.07) is 10.8. The lowest BCUT2D eigenvalue weighted by atomic mass is 9.82. The van der Waals surface area contributed by atoms with Crippen LogP contribution in [0.4, 0.5) is 0 Å². The van der Waals surface area contributed by atoms with Crippen molar-refractivity contribution in [3.05, 3.63) is 51.7 Å². The number of ether oxygens (including phenoxy) is 2. The second-order valence-corrected chi connectivity index (χ2v) is 8.44. The molecule has 0 saturated carbocycles. The van der Waals surface area contributed by atoms with Gasteiger partial charge in [-0.15, -0.1) is 11.3 Å². The molecule has 4 heteroatoms. The van der Waals surface area contributed by atoms with Gasteiger partial charge in [0.25, 0.3) is 0 Å². The number of unbranched alkanes of at least 4 members (excludes halogenated alkanes) is 1. The number of hydrogen-bond acceptors (Lipinski definition) is 4. The molecular weight excluding hydrogens is 342 g/mol. The van der Waals surface area contributed by atoms with Crippen molar-refractivity contribution in [1.29, 1.82) is 0 Å². The van der Waals surface area contributed by atoms with Crippen LogP contribution >= 0.6 is 11.3 Å². The molecule has 26 heavy (non-hydrogen) atoms. The first-order valence-electron chi connectivity index (χ1n) is 9.86. The molecule has 0 bridgehead atoms. The highest BCUT2D eigenvalue weighted by molar-refractivity contribution is 7.10. The van der Waals surface area contributed by atoms with E-state index < -0.39 is 0 Å². The highest BCUT2D eigenvalue weighted by atomic mass is 32.1. The summed E-state index contributed by atoms with van der Waals surface area (Å²) in [5.74, 6) is 1.04. The third-order valence-electron chi connectivity index (χ3n) is 5.91. The summed E-state index contributed by atoms with van der Waals surface area (Å²) in [6.07, 6.45) is 6.95. The molecule has 0 unspecified atom stereocenters. The number of hydrogen-bond donors (Lipinski definition) is 0. The molecular formula is C22H29NO2S. The Morgan fingerprint density at radius 1 is 1.15 bits per heavy atom. The van der Waals surface area contributed by atoms with Crippen molar-refractivity contribution in [2.45, 2.75) is 44.1 Å². The van der Waals surface area contributed by atoms with Crippen molar-refractivity contribution < 1.29 is 9.47 Å². The molecule has 1 aromatic heterocycles. The van der Waals surface area contributed by atoms with Gasteiger partial charge in [0, 0.05) is 35.3 Å². The number of nitrogens with zero attached hydrogens (tertiary/aromatic N) is 1. The fourth-order valence-electron chi connectivity index (χ4n) is 4.45. The summed E-state index contributed by atoms with van der Waals surface area (Å²) in [4.78, 5) is 4.09. The van der Waals surface area contributed by atoms with Crippen molar-refractivity contribution in [2.24, 2.45) is 0 Å². The van der Waals surface area contributed by atoms with Crippen molar-refractivity contribution >= 4 is 11.3 Å². The summed E-state index contributed by atoms with van der Waals surface area (Å²) in [5, 5.41) is 2.16. The van der Waals surface area contributed by atoms with E-state index in [9.17, 15) is 0 Å². The van der Waals surface area contributed by atoms with Crippen LogP contribution in [0, 0.1) is 0 Å². The fourth-order valence-corrected chi connectivity index (χ4v) is 5.51. The first-order valence-corrected chi connectivity index (χ1v) is 10.7. The standard InChI is InChI=1S/C22H29NO2S/c1-24-19-17-26-20-10-16-25-22(21(19)20)11-14-23(15-12-22)13-6-5-9-18-7-3-2-4-8-18/h2-4,7-8,17H,5-6,9-16H2,1H3. The number of rotatable bonds is 6. The van der Waals surface area contributed by atoms with Gasteiger partial charge in [-0.05, 0) is 44.2 Å². The van der Waals surface area contributed by atoms with Gasteiger partial charge in [-0.1, -0.05) is 30.3 Å². The molecule has 1 spiro atoms. The van der Waals surface area contributed by atoms with Crippen LogP contribution in [0.3, 0.4) is 0 Å². The predicted molar refractivity (Wildman–Crippen MR) is 107 cm³/mol. The first kappa shape index (κ1) is 18.0. The Kier molecular flexibility index (Phi) is 5.63. The Balaban J connectivity index is 1.29. The van der Waals surface area contributed by atoms with E-state index in [0.29, 0.717) is 0 Å². The van der Waals surface area contributed by atoms with Crippen LogP contribution in [0.2, 0.25) is 0 Å². The van der Waals surface area contributed by atoms with Crippen molar-refractivity contribution in [3.8, 4) is 5.75 Å². The Morgan fingerprint density at radius 3 is 2.73 bits per heavy atom. The minimum Gasteiger partial charge on any atom is -0.495 e. The van der Waals surface area contributed by atoms with Gasteiger partial charge in [-0.2, -0.15) is 0 Å². The van der Waals surface area contributed by atoms with E-state index in [-0.39, 0.29) is 5.60 Å². The van der Waals surface area contributed by atoms with E-state index in [0.717, 1.165) is 44.7 Å². The maximum Gasteiger partial charge on any atom is 0.135 e. The average molecular weight is 372 g/mol. The third-order valence-corrected chi connectivity index (χ3v) is 6.94. The minimum atomic E-state index is -0.0978. The molecule has 4 rings (SSSR count). The summed E-state index contributed by atoms with van der Waals surface area (Å²) in [6.45, 7) is 4.32. The number of fused-ring (bicyclic) bond motifs is 2. The van der Waals surface area contributed by atoms with Gasteiger partial charge in [-0.25, -0.2) is 0 Å². The average Bonchev–Trinajstić information content (AvgIpc) is 3.13. The molecule has 3 heterocycles. The lowest BCUT2D eigenvalue weighted by Gasteiger charge is -2.44. The van der Waals surface area contributed by atoms with Crippen molar-refractivity contribution in [3.63, 3.8) is 0 Å². The van der Waals surface area contributed by atoms with Crippen LogP contribution < -0.4 is 4.74 Å². The molecule has 1 saturated heterocycles. The second kappa shape index (κ2) is 8.12. The molecule has 0 N–H and O–H groups in total. The van der Waals surface area contributed by atoms with E-state index >= 15 is 0 Å². The third kappa shape index (κ3) is 3.68. The van der Waals surface area contributed by atoms with Crippen LogP contribution in [-0.4, -0.2) is 38.3 Å². The van der Waals surface area contributed by atoms with Gasteiger partial charge in [-0.3, -0.25) is 0 Å². The Morgan fingerprint density at radius 2 is 1.96 bits per heavy atom. The molecule has 1 fully saturated rings. The first-order chi connectivity index (χ1) is 12.8. The SMILES string of the molecule is COc1csc2c1C1(CCN(CCCCc3ccccc3)CC1)OCC2. The van der Waals surface area contributed by atoms with Crippen LogP contribution in [0.15, 0.2) is 35.7 Å². The van der Waals surface area contributed by atoms with Gasteiger partial charge in [0.1, 0.15) is 11.4 Å². The Labute approximate surface area is 160 Å². The summed E-state index contributed by atoms with van der Waals surface area (Å²) in [5.41, 5.74) is 2.72. The number of benzene rings is 1. The number of thiophene rings is 1. The van der Waals surface area contributed by atoms with Crippen LogP contribution in [0.1, 0.15) is 41.7 Å². The molecule has 0 radical (unpaired) electrons. The van der Waals surface area contributed by atoms with Gasteiger partial charge in [0.15, 0.2) is 0 Å². The van der Waals surface area contributed by atoms with Gasteiger partial charge in [0.2, 0.25) is 0 Å². The lowest BCUT2D eigenvalue weighted by Crippen LogP contribution is -2.46. The van der Waals surface area contributed by atoms with E-state index in [1.54, 1.807) is 7.11 Å². The fraction of sp³-hybridized carbons (Fsp3) is 0.545. The molecule has 3 nitrogen and oxygen atoms in total.